The van der Waals surface area contributed by atoms with E-state index in [4.69, 9.17) is 0 Å². The van der Waals surface area contributed by atoms with Gasteiger partial charge in [0.1, 0.15) is 0 Å². The molecule has 0 aromatic heterocycles. The molecule has 0 radical (unpaired) electrons. The van der Waals surface area contributed by atoms with Crippen molar-refractivity contribution in [3.63, 3.8) is 0 Å². The highest BCUT2D eigenvalue weighted by Gasteiger charge is 2.30. The van der Waals surface area contributed by atoms with Gasteiger partial charge in [0.2, 0.25) is 0 Å². The molecule has 2 aromatic rings. The molecule has 1 N–H and O–H groups in total. The van der Waals surface area contributed by atoms with E-state index in [-0.39, 0.29) is 11.9 Å². The molecule has 0 bridgehead atoms. The maximum atomic E-state index is 12.9. The van der Waals surface area contributed by atoms with Crippen molar-refractivity contribution in [2.24, 2.45) is 0 Å². The summed E-state index contributed by atoms with van der Waals surface area (Å²) in [6, 6.07) is 13.0. The van der Waals surface area contributed by atoms with Crippen molar-refractivity contribution in [3.05, 3.63) is 65.2 Å². The van der Waals surface area contributed by atoms with Gasteiger partial charge in [0.05, 0.1) is 5.56 Å². The van der Waals surface area contributed by atoms with E-state index in [2.05, 4.69) is 10.2 Å². The molecule has 156 valence electrons. The number of hydrogen-bond acceptors (Lipinski definition) is 3. The second-order valence-corrected chi connectivity index (χ2v) is 7.66. The fourth-order valence-corrected chi connectivity index (χ4v) is 3.52. The minimum atomic E-state index is -4.32. The summed E-state index contributed by atoms with van der Waals surface area (Å²) in [5, 5.41) is 3.07. The maximum absolute atomic E-state index is 12.9. The zero-order valence-electron chi connectivity index (χ0n) is 16.7. The molecule has 3 rings (SSSR count). The Morgan fingerprint density at radius 2 is 1.76 bits per heavy atom. The van der Waals surface area contributed by atoms with E-state index in [9.17, 15) is 18.0 Å². The molecule has 0 aliphatic carbocycles. The Hall–Kier alpha value is -2.54. The number of alkyl halides is 3. The van der Waals surface area contributed by atoms with Crippen LogP contribution in [-0.2, 0) is 12.7 Å². The van der Waals surface area contributed by atoms with Crippen LogP contribution in [0.2, 0.25) is 0 Å². The lowest BCUT2D eigenvalue weighted by Crippen LogP contribution is -2.44. The van der Waals surface area contributed by atoms with Gasteiger partial charge >= 0.3 is 6.18 Å². The Morgan fingerprint density at radius 3 is 2.34 bits per heavy atom. The van der Waals surface area contributed by atoms with Crippen molar-refractivity contribution in [2.75, 3.05) is 32.1 Å². The first-order chi connectivity index (χ1) is 13.7. The molecule has 0 saturated carbocycles. The fourth-order valence-electron chi connectivity index (χ4n) is 3.52. The van der Waals surface area contributed by atoms with Crippen LogP contribution in [0, 0.1) is 0 Å². The average Bonchev–Trinajstić information content (AvgIpc) is 2.69. The summed E-state index contributed by atoms with van der Waals surface area (Å²) in [4.78, 5) is 16.6. The molecule has 4 nitrogen and oxygen atoms in total. The van der Waals surface area contributed by atoms with E-state index in [1.54, 1.807) is 6.07 Å². The monoisotopic (exact) mass is 405 g/mol. The number of nitrogens with one attached hydrogen (secondary N) is 1. The number of benzene rings is 2. The van der Waals surface area contributed by atoms with Crippen molar-refractivity contribution in [2.45, 2.75) is 31.6 Å². The Balaban J connectivity index is 1.50. The largest absolute Gasteiger partial charge is 0.416 e. The third kappa shape index (κ3) is 5.73. The average molecular weight is 405 g/mol. The lowest BCUT2D eigenvalue weighted by Gasteiger charge is -2.32. The summed E-state index contributed by atoms with van der Waals surface area (Å²) < 4.78 is 38.6. The van der Waals surface area contributed by atoms with Gasteiger partial charge in [0, 0.05) is 51.0 Å². The molecule has 1 aliphatic rings. The highest BCUT2D eigenvalue weighted by Crippen LogP contribution is 2.30. The SMILES string of the molecule is CN(C)c1ccc(C(=O)NC2CCN(Cc3cccc(C(F)(F)F)c3)CC2)cc1. The third-order valence-electron chi connectivity index (χ3n) is 5.23. The number of rotatable bonds is 5. The third-order valence-corrected chi connectivity index (χ3v) is 5.23. The number of piperidine rings is 1. The predicted molar refractivity (Wildman–Crippen MR) is 108 cm³/mol. The van der Waals surface area contributed by atoms with Gasteiger partial charge in [-0.05, 0) is 48.7 Å². The summed E-state index contributed by atoms with van der Waals surface area (Å²) in [5.74, 6) is -0.0911. The van der Waals surface area contributed by atoms with E-state index in [0.717, 1.165) is 37.7 Å². The number of likely N-dealkylation sites (tertiary alicyclic amines) is 1. The van der Waals surface area contributed by atoms with E-state index in [1.807, 2.05) is 43.3 Å². The van der Waals surface area contributed by atoms with Crippen LogP contribution >= 0.6 is 0 Å². The lowest BCUT2D eigenvalue weighted by molar-refractivity contribution is -0.137. The Morgan fingerprint density at radius 1 is 1.10 bits per heavy atom. The Kier molecular flexibility index (Phi) is 6.47. The molecule has 1 saturated heterocycles. The first-order valence-corrected chi connectivity index (χ1v) is 9.69. The quantitative estimate of drug-likeness (QED) is 0.811. The first kappa shape index (κ1) is 21.2. The van der Waals surface area contributed by atoms with Gasteiger partial charge in [-0.3, -0.25) is 9.69 Å². The number of carbonyl (C=O) groups is 1. The molecule has 29 heavy (non-hydrogen) atoms. The van der Waals surface area contributed by atoms with Gasteiger partial charge < -0.3 is 10.2 Å². The summed E-state index contributed by atoms with van der Waals surface area (Å²) >= 11 is 0. The summed E-state index contributed by atoms with van der Waals surface area (Å²) in [7, 11) is 3.89. The van der Waals surface area contributed by atoms with Crippen LogP contribution < -0.4 is 10.2 Å². The standard InChI is InChI=1S/C22H26F3N3O/c1-27(2)20-8-6-17(7-9-20)21(29)26-19-10-12-28(13-11-19)15-16-4-3-5-18(14-16)22(23,24)25/h3-9,14,19H,10-13,15H2,1-2H3,(H,26,29). The molecule has 0 atom stereocenters. The number of amides is 1. The number of anilines is 1. The predicted octanol–water partition coefficient (Wildman–Crippen LogP) is 4.17. The van der Waals surface area contributed by atoms with Crippen LogP contribution in [0.5, 0.6) is 0 Å². The second-order valence-electron chi connectivity index (χ2n) is 7.66. The zero-order chi connectivity index (χ0) is 21.0. The highest BCUT2D eigenvalue weighted by molar-refractivity contribution is 5.94. The van der Waals surface area contributed by atoms with Crippen molar-refractivity contribution in [3.8, 4) is 0 Å². The lowest BCUT2D eigenvalue weighted by atomic mass is 10.0. The molecular formula is C22H26F3N3O. The molecule has 1 amide bonds. The summed E-state index contributed by atoms with van der Waals surface area (Å²) in [6.07, 6.45) is -2.76. The van der Waals surface area contributed by atoms with Crippen LogP contribution in [0.3, 0.4) is 0 Å². The van der Waals surface area contributed by atoms with Gasteiger partial charge in [0.25, 0.3) is 5.91 Å². The molecule has 0 unspecified atom stereocenters. The zero-order valence-corrected chi connectivity index (χ0v) is 16.7. The molecule has 2 aromatic carbocycles. The number of carbonyl (C=O) groups excluding carboxylic acids is 1. The topological polar surface area (TPSA) is 35.6 Å². The highest BCUT2D eigenvalue weighted by atomic mass is 19.4. The minimum absolute atomic E-state index is 0.0776. The van der Waals surface area contributed by atoms with Crippen LogP contribution in [0.4, 0.5) is 18.9 Å². The van der Waals surface area contributed by atoms with Crippen molar-refractivity contribution >= 4 is 11.6 Å². The maximum Gasteiger partial charge on any atom is 0.416 e. The summed E-state index contributed by atoms with van der Waals surface area (Å²) in [6.45, 7) is 1.96. The van der Waals surface area contributed by atoms with Crippen LogP contribution in [-0.4, -0.2) is 44.0 Å². The molecule has 0 spiro atoms. The van der Waals surface area contributed by atoms with E-state index < -0.39 is 11.7 Å². The van der Waals surface area contributed by atoms with Crippen molar-refractivity contribution in [1.29, 1.82) is 0 Å². The molecule has 1 fully saturated rings. The van der Waals surface area contributed by atoms with Gasteiger partial charge in [0.15, 0.2) is 0 Å². The summed E-state index contributed by atoms with van der Waals surface area (Å²) in [5.41, 5.74) is 1.70. The number of hydrogen-bond donors (Lipinski definition) is 1. The van der Waals surface area contributed by atoms with E-state index in [0.29, 0.717) is 17.7 Å². The molecule has 7 heteroatoms. The Bertz CT molecular complexity index is 826. The fraction of sp³-hybridized carbons (Fsp3) is 0.409. The molecule has 1 heterocycles. The van der Waals surface area contributed by atoms with Crippen molar-refractivity contribution in [1.82, 2.24) is 10.2 Å². The number of halogens is 3. The Labute approximate surface area is 169 Å². The smallest absolute Gasteiger partial charge is 0.378 e. The first-order valence-electron chi connectivity index (χ1n) is 9.69. The molecular weight excluding hydrogens is 379 g/mol. The van der Waals surface area contributed by atoms with Crippen LogP contribution in [0.15, 0.2) is 48.5 Å². The van der Waals surface area contributed by atoms with E-state index in [1.165, 1.54) is 12.1 Å². The van der Waals surface area contributed by atoms with Crippen molar-refractivity contribution < 1.29 is 18.0 Å². The van der Waals surface area contributed by atoms with Crippen LogP contribution in [0.25, 0.3) is 0 Å². The van der Waals surface area contributed by atoms with E-state index >= 15 is 0 Å². The van der Waals surface area contributed by atoms with Gasteiger partial charge in [-0.1, -0.05) is 18.2 Å². The normalized spacial score (nSPS) is 15.9. The van der Waals surface area contributed by atoms with Gasteiger partial charge in [-0.25, -0.2) is 0 Å². The number of nitrogens with zero attached hydrogens (tertiary/aromatic N) is 2. The van der Waals surface area contributed by atoms with Crippen LogP contribution in [0.1, 0.15) is 34.3 Å². The molecule has 1 aliphatic heterocycles. The van der Waals surface area contributed by atoms with Gasteiger partial charge in [-0.2, -0.15) is 13.2 Å². The minimum Gasteiger partial charge on any atom is -0.378 e. The second kappa shape index (κ2) is 8.86. The van der Waals surface area contributed by atoms with Gasteiger partial charge in [-0.15, -0.1) is 0 Å².